The van der Waals surface area contributed by atoms with Crippen LogP contribution < -0.4 is 4.74 Å². The highest BCUT2D eigenvalue weighted by molar-refractivity contribution is 7.89. The van der Waals surface area contributed by atoms with Crippen molar-refractivity contribution in [2.75, 3.05) is 14.2 Å². The van der Waals surface area contributed by atoms with Crippen molar-refractivity contribution < 1.29 is 13.2 Å². The lowest BCUT2D eigenvalue weighted by Crippen LogP contribution is -2.26. The van der Waals surface area contributed by atoms with Gasteiger partial charge in [-0.15, -0.1) is 0 Å². The summed E-state index contributed by atoms with van der Waals surface area (Å²) >= 11 is 0. The predicted molar refractivity (Wildman–Crippen MR) is 121 cm³/mol. The average Bonchev–Trinajstić information content (AvgIpc) is 3.24. The Hall–Kier alpha value is -3.42. The summed E-state index contributed by atoms with van der Waals surface area (Å²) in [6.07, 6.45) is 1.89. The summed E-state index contributed by atoms with van der Waals surface area (Å²) in [6, 6.07) is 25.9. The van der Waals surface area contributed by atoms with Gasteiger partial charge in [0.2, 0.25) is 10.0 Å². The highest BCUT2D eigenvalue weighted by Crippen LogP contribution is 2.27. The second-order valence-electron chi connectivity index (χ2n) is 7.09. The third-order valence-corrected chi connectivity index (χ3v) is 6.84. The maximum Gasteiger partial charge on any atom is 0.243 e. The molecular formula is C24H23N3O3S. The number of sulfonamides is 1. The average molecular weight is 434 g/mol. The van der Waals surface area contributed by atoms with Gasteiger partial charge in [-0.1, -0.05) is 48.5 Å². The molecule has 0 unspecified atom stereocenters. The lowest BCUT2D eigenvalue weighted by Gasteiger charge is -2.17. The molecule has 0 N–H and O–H groups in total. The summed E-state index contributed by atoms with van der Waals surface area (Å²) in [5.41, 5.74) is 3.41. The first-order valence-electron chi connectivity index (χ1n) is 9.79. The van der Waals surface area contributed by atoms with Crippen LogP contribution in [0.25, 0.3) is 16.9 Å². The van der Waals surface area contributed by atoms with E-state index in [9.17, 15) is 8.42 Å². The van der Waals surface area contributed by atoms with E-state index in [1.54, 1.807) is 43.1 Å². The number of benzene rings is 3. The van der Waals surface area contributed by atoms with Crippen LogP contribution in [0.1, 0.15) is 5.56 Å². The lowest BCUT2D eigenvalue weighted by atomic mass is 10.1. The van der Waals surface area contributed by atoms with Gasteiger partial charge in [0.15, 0.2) is 0 Å². The molecule has 0 aliphatic carbocycles. The molecule has 158 valence electrons. The van der Waals surface area contributed by atoms with Gasteiger partial charge in [-0.05, 0) is 36.4 Å². The SMILES string of the molecule is COc1ccc(S(=O)(=O)N(C)Cc2cn(-c3ccccc3)nc2-c2ccccc2)cc1. The Bertz CT molecular complexity index is 1250. The zero-order valence-electron chi connectivity index (χ0n) is 17.3. The van der Waals surface area contributed by atoms with Gasteiger partial charge >= 0.3 is 0 Å². The summed E-state index contributed by atoms with van der Waals surface area (Å²) < 4.78 is 34.5. The zero-order valence-corrected chi connectivity index (χ0v) is 18.2. The molecular weight excluding hydrogens is 410 g/mol. The standard InChI is InChI=1S/C24H23N3O3S/c1-26(31(28,29)23-15-13-22(30-2)14-16-23)17-20-18-27(21-11-7-4-8-12-21)25-24(20)19-9-5-3-6-10-19/h3-16,18H,17H2,1-2H3. The van der Waals surface area contributed by atoms with Crippen molar-refractivity contribution in [3.8, 4) is 22.7 Å². The topological polar surface area (TPSA) is 64.4 Å². The van der Waals surface area contributed by atoms with Gasteiger partial charge in [-0.2, -0.15) is 9.40 Å². The van der Waals surface area contributed by atoms with Crippen molar-refractivity contribution in [1.82, 2.24) is 14.1 Å². The van der Waals surface area contributed by atoms with Crippen LogP contribution in [-0.4, -0.2) is 36.7 Å². The van der Waals surface area contributed by atoms with Crippen molar-refractivity contribution in [2.24, 2.45) is 0 Å². The molecule has 0 aliphatic rings. The van der Waals surface area contributed by atoms with Gasteiger partial charge in [-0.3, -0.25) is 0 Å². The Morgan fingerprint density at radius 1 is 0.903 bits per heavy atom. The molecule has 31 heavy (non-hydrogen) atoms. The van der Waals surface area contributed by atoms with Crippen LogP contribution in [0.5, 0.6) is 5.75 Å². The molecule has 3 aromatic carbocycles. The molecule has 7 heteroatoms. The molecule has 1 heterocycles. The van der Waals surface area contributed by atoms with Gasteiger partial charge < -0.3 is 4.74 Å². The van der Waals surface area contributed by atoms with Crippen molar-refractivity contribution in [2.45, 2.75) is 11.4 Å². The Kier molecular flexibility index (Phi) is 5.88. The molecule has 0 saturated heterocycles. The molecule has 0 saturated carbocycles. The molecule has 0 radical (unpaired) electrons. The molecule has 6 nitrogen and oxygen atoms in total. The number of aromatic nitrogens is 2. The molecule has 0 atom stereocenters. The maximum absolute atomic E-state index is 13.1. The van der Waals surface area contributed by atoms with E-state index in [0.29, 0.717) is 5.75 Å². The number of nitrogens with zero attached hydrogens (tertiary/aromatic N) is 3. The van der Waals surface area contributed by atoms with Crippen molar-refractivity contribution >= 4 is 10.0 Å². The zero-order chi connectivity index (χ0) is 21.8. The van der Waals surface area contributed by atoms with Crippen molar-refractivity contribution in [1.29, 1.82) is 0 Å². The minimum absolute atomic E-state index is 0.186. The molecule has 4 rings (SSSR count). The summed E-state index contributed by atoms with van der Waals surface area (Å²) in [5, 5.41) is 4.76. The number of rotatable bonds is 7. The molecule has 1 aromatic heterocycles. The number of methoxy groups -OCH3 is 1. The second-order valence-corrected chi connectivity index (χ2v) is 9.13. The fourth-order valence-electron chi connectivity index (χ4n) is 3.33. The Morgan fingerprint density at radius 2 is 1.52 bits per heavy atom. The van der Waals surface area contributed by atoms with Gasteiger partial charge in [0, 0.05) is 30.9 Å². The van der Waals surface area contributed by atoms with E-state index in [1.807, 2.05) is 66.9 Å². The second kappa shape index (κ2) is 8.75. The van der Waals surface area contributed by atoms with Gasteiger partial charge in [0.05, 0.1) is 23.4 Å². The van der Waals surface area contributed by atoms with Crippen molar-refractivity contribution in [3.05, 3.63) is 96.7 Å². The highest BCUT2D eigenvalue weighted by Gasteiger charge is 2.23. The monoisotopic (exact) mass is 433 g/mol. The normalized spacial score (nSPS) is 11.6. The predicted octanol–water partition coefficient (Wildman–Crippen LogP) is 4.37. The maximum atomic E-state index is 13.1. The van der Waals surface area contributed by atoms with E-state index in [-0.39, 0.29) is 11.4 Å². The molecule has 0 spiro atoms. The molecule has 0 bridgehead atoms. The van der Waals surface area contributed by atoms with Gasteiger partial charge in [0.25, 0.3) is 0 Å². The smallest absolute Gasteiger partial charge is 0.243 e. The van der Waals surface area contributed by atoms with Crippen LogP contribution in [-0.2, 0) is 16.6 Å². The first-order chi connectivity index (χ1) is 15.0. The van der Waals surface area contributed by atoms with Crippen LogP contribution >= 0.6 is 0 Å². The number of hydrogen-bond donors (Lipinski definition) is 0. The Morgan fingerprint density at radius 3 is 2.13 bits per heavy atom. The van der Waals surface area contributed by atoms with E-state index in [2.05, 4.69) is 0 Å². The van der Waals surface area contributed by atoms with E-state index in [0.717, 1.165) is 22.5 Å². The van der Waals surface area contributed by atoms with E-state index >= 15 is 0 Å². The highest BCUT2D eigenvalue weighted by atomic mass is 32.2. The fourth-order valence-corrected chi connectivity index (χ4v) is 4.48. The summed E-state index contributed by atoms with van der Waals surface area (Å²) in [4.78, 5) is 0.215. The largest absolute Gasteiger partial charge is 0.497 e. The minimum Gasteiger partial charge on any atom is -0.497 e. The first kappa shape index (κ1) is 20.8. The van der Waals surface area contributed by atoms with Crippen molar-refractivity contribution in [3.63, 3.8) is 0 Å². The Balaban J connectivity index is 1.70. The molecule has 0 amide bonds. The summed E-state index contributed by atoms with van der Waals surface area (Å²) in [6.45, 7) is 0.186. The minimum atomic E-state index is -3.68. The molecule has 0 fully saturated rings. The third-order valence-electron chi connectivity index (χ3n) is 5.02. The summed E-state index contributed by atoms with van der Waals surface area (Å²) in [5.74, 6) is 0.608. The summed E-state index contributed by atoms with van der Waals surface area (Å²) in [7, 11) is -0.551. The van der Waals surface area contributed by atoms with Crippen LogP contribution in [0.15, 0.2) is 96.0 Å². The van der Waals surface area contributed by atoms with Crippen LogP contribution in [0.3, 0.4) is 0 Å². The van der Waals surface area contributed by atoms with E-state index < -0.39 is 10.0 Å². The molecule has 4 aromatic rings. The third kappa shape index (κ3) is 4.38. The van der Waals surface area contributed by atoms with E-state index in [1.165, 1.54) is 4.31 Å². The number of ether oxygens (including phenoxy) is 1. The number of hydrogen-bond acceptors (Lipinski definition) is 4. The van der Waals surface area contributed by atoms with Crippen LogP contribution in [0, 0.1) is 0 Å². The van der Waals surface area contributed by atoms with Gasteiger partial charge in [-0.25, -0.2) is 13.1 Å². The first-order valence-corrected chi connectivity index (χ1v) is 11.2. The van der Waals surface area contributed by atoms with Gasteiger partial charge in [0.1, 0.15) is 5.75 Å². The van der Waals surface area contributed by atoms with Crippen LogP contribution in [0.2, 0.25) is 0 Å². The number of para-hydroxylation sites is 1. The lowest BCUT2D eigenvalue weighted by molar-refractivity contribution is 0.414. The molecule has 0 aliphatic heterocycles. The van der Waals surface area contributed by atoms with E-state index in [4.69, 9.17) is 9.84 Å². The Labute approximate surface area is 182 Å². The fraction of sp³-hybridized carbons (Fsp3) is 0.125. The quantitative estimate of drug-likeness (QED) is 0.434. The van der Waals surface area contributed by atoms with Crippen LogP contribution in [0.4, 0.5) is 0 Å².